The van der Waals surface area contributed by atoms with Gasteiger partial charge in [-0.25, -0.2) is 0 Å². The highest BCUT2D eigenvalue weighted by Gasteiger charge is 2.29. The monoisotopic (exact) mass is 357 g/mol. The van der Waals surface area contributed by atoms with Crippen LogP contribution < -0.4 is 10.2 Å². The topological polar surface area (TPSA) is 44.8 Å². The van der Waals surface area contributed by atoms with Gasteiger partial charge in [-0.2, -0.15) is 0 Å². The molecule has 2 aliphatic heterocycles. The number of nitrogens with one attached hydrogen (secondary N) is 1. The molecule has 0 radical (unpaired) electrons. The van der Waals surface area contributed by atoms with Crippen LogP contribution in [0.4, 0.5) is 5.69 Å². The molecule has 1 amide bonds. The van der Waals surface area contributed by atoms with E-state index in [4.69, 9.17) is 4.74 Å². The summed E-state index contributed by atoms with van der Waals surface area (Å²) in [4.78, 5) is 17.3. The summed E-state index contributed by atoms with van der Waals surface area (Å²) in [5.74, 6) is 0.0779. The third-order valence-electron chi connectivity index (χ3n) is 6.07. The van der Waals surface area contributed by atoms with Gasteiger partial charge in [0.15, 0.2) is 0 Å². The lowest BCUT2D eigenvalue weighted by molar-refractivity contribution is -0.139. The number of amides is 1. The zero-order valence-electron chi connectivity index (χ0n) is 15.9. The molecule has 2 heterocycles. The molecule has 0 unspecified atom stereocenters. The summed E-state index contributed by atoms with van der Waals surface area (Å²) in [5.41, 5.74) is 4.21. The van der Waals surface area contributed by atoms with Crippen molar-refractivity contribution in [2.75, 3.05) is 37.7 Å². The van der Waals surface area contributed by atoms with Gasteiger partial charge >= 0.3 is 0 Å². The van der Waals surface area contributed by atoms with Gasteiger partial charge in [0, 0.05) is 44.5 Å². The third kappa shape index (κ3) is 3.89. The lowest BCUT2D eigenvalue weighted by Crippen LogP contribution is -2.51. The highest BCUT2D eigenvalue weighted by Crippen LogP contribution is 2.29. The molecule has 1 N–H and O–H groups in total. The van der Waals surface area contributed by atoms with Crippen LogP contribution in [0.25, 0.3) is 0 Å². The molecule has 1 atom stereocenters. The van der Waals surface area contributed by atoms with E-state index in [-0.39, 0.29) is 12.0 Å². The lowest BCUT2D eigenvalue weighted by Gasteiger charge is -2.32. The molecular formula is C21H31N3O2. The molecule has 1 saturated heterocycles. The summed E-state index contributed by atoms with van der Waals surface area (Å²) in [5, 5.41) is 3.18. The predicted molar refractivity (Wildman–Crippen MR) is 103 cm³/mol. The van der Waals surface area contributed by atoms with Gasteiger partial charge in [-0.1, -0.05) is 25.0 Å². The highest BCUT2D eigenvalue weighted by atomic mass is 16.5. The lowest BCUT2D eigenvalue weighted by atomic mass is 10.1. The van der Waals surface area contributed by atoms with Gasteiger partial charge in [0.1, 0.15) is 6.10 Å². The Morgan fingerprint density at radius 2 is 2.12 bits per heavy atom. The molecule has 0 spiro atoms. The number of hydrogen-bond donors (Lipinski definition) is 1. The van der Waals surface area contributed by atoms with Crippen LogP contribution in [-0.4, -0.2) is 55.7 Å². The van der Waals surface area contributed by atoms with E-state index < -0.39 is 0 Å². The molecule has 0 bridgehead atoms. The predicted octanol–water partition coefficient (Wildman–Crippen LogP) is 2.33. The number of carbonyl (C=O) groups is 1. The largest absolute Gasteiger partial charge is 0.371 e. The standard InChI is InChI=1S/C21H31N3O2/c1-2-24-10-9-17-13-16(7-8-19(17)24)14-23-11-12-26-20(15-23)21(25)22-18-5-3-4-6-18/h7-8,13,18,20H,2-6,9-12,14-15H2,1H3,(H,22,25)/t20-/m0/s1. The highest BCUT2D eigenvalue weighted by molar-refractivity contribution is 5.81. The Morgan fingerprint density at radius 1 is 1.27 bits per heavy atom. The molecule has 2 fully saturated rings. The van der Waals surface area contributed by atoms with Gasteiger partial charge in [-0.3, -0.25) is 9.69 Å². The Labute approximate surface area is 156 Å². The maximum Gasteiger partial charge on any atom is 0.250 e. The smallest absolute Gasteiger partial charge is 0.250 e. The number of rotatable bonds is 5. The zero-order chi connectivity index (χ0) is 17.9. The van der Waals surface area contributed by atoms with E-state index in [2.05, 4.69) is 40.2 Å². The number of anilines is 1. The molecule has 0 aromatic heterocycles. The minimum atomic E-state index is -0.325. The van der Waals surface area contributed by atoms with Crippen LogP contribution in [0, 0.1) is 0 Å². The second-order valence-electron chi connectivity index (χ2n) is 7.88. The normalized spacial score (nSPS) is 24.0. The number of carbonyl (C=O) groups excluding carboxylic acids is 1. The number of hydrogen-bond acceptors (Lipinski definition) is 4. The third-order valence-corrected chi connectivity index (χ3v) is 6.07. The summed E-state index contributed by atoms with van der Waals surface area (Å²) >= 11 is 0. The summed E-state index contributed by atoms with van der Waals surface area (Å²) in [6.45, 7) is 7.55. The average molecular weight is 357 g/mol. The van der Waals surface area contributed by atoms with Crippen LogP contribution in [0.3, 0.4) is 0 Å². The molecule has 5 heteroatoms. The summed E-state index contributed by atoms with van der Waals surface area (Å²) < 4.78 is 5.76. The second kappa shape index (κ2) is 7.97. The van der Waals surface area contributed by atoms with Gasteiger partial charge in [0.05, 0.1) is 6.61 Å². The minimum absolute atomic E-state index is 0.0779. The van der Waals surface area contributed by atoms with Crippen molar-refractivity contribution in [3.05, 3.63) is 29.3 Å². The van der Waals surface area contributed by atoms with E-state index in [0.29, 0.717) is 19.2 Å². The van der Waals surface area contributed by atoms with E-state index in [1.165, 1.54) is 29.7 Å². The quantitative estimate of drug-likeness (QED) is 0.878. The summed E-state index contributed by atoms with van der Waals surface area (Å²) in [6.07, 6.45) is 5.52. The fourth-order valence-corrected chi connectivity index (χ4v) is 4.58. The maximum atomic E-state index is 12.5. The molecule has 5 nitrogen and oxygen atoms in total. The molecule has 1 aliphatic carbocycles. The molecule has 1 saturated carbocycles. The van der Waals surface area contributed by atoms with E-state index in [1.54, 1.807) is 0 Å². The van der Waals surface area contributed by atoms with Gasteiger partial charge in [-0.05, 0) is 43.4 Å². The van der Waals surface area contributed by atoms with Crippen molar-refractivity contribution in [2.24, 2.45) is 0 Å². The fraction of sp³-hybridized carbons (Fsp3) is 0.667. The van der Waals surface area contributed by atoms with E-state index in [0.717, 1.165) is 45.4 Å². The Balaban J connectivity index is 1.34. The van der Waals surface area contributed by atoms with Crippen LogP contribution in [0.2, 0.25) is 0 Å². The first-order valence-electron chi connectivity index (χ1n) is 10.2. The SMILES string of the molecule is CCN1CCc2cc(CN3CCO[C@H](C(=O)NC4CCCC4)C3)ccc21. The molecule has 3 aliphatic rings. The van der Waals surface area contributed by atoms with Crippen molar-refractivity contribution < 1.29 is 9.53 Å². The minimum Gasteiger partial charge on any atom is -0.371 e. The van der Waals surface area contributed by atoms with Crippen molar-refractivity contribution in [3.63, 3.8) is 0 Å². The Kier molecular flexibility index (Phi) is 5.46. The summed E-state index contributed by atoms with van der Waals surface area (Å²) in [7, 11) is 0. The van der Waals surface area contributed by atoms with E-state index >= 15 is 0 Å². The Morgan fingerprint density at radius 3 is 2.92 bits per heavy atom. The first-order valence-corrected chi connectivity index (χ1v) is 10.2. The van der Waals surface area contributed by atoms with Crippen LogP contribution in [0.1, 0.15) is 43.7 Å². The van der Waals surface area contributed by atoms with E-state index in [9.17, 15) is 4.79 Å². The van der Waals surface area contributed by atoms with Crippen LogP contribution in [0.5, 0.6) is 0 Å². The van der Waals surface area contributed by atoms with Crippen molar-refractivity contribution in [2.45, 2.75) is 57.7 Å². The first kappa shape index (κ1) is 17.8. The van der Waals surface area contributed by atoms with Crippen molar-refractivity contribution >= 4 is 11.6 Å². The summed E-state index contributed by atoms with van der Waals surface area (Å²) in [6, 6.07) is 7.23. The number of likely N-dealkylation sites (N-methyl/N-ethyl adjacent to an activating group) is 1. The van der Waals surface area contributed by atoms with Gasteiger partial charge < -0.3 is 15.0 Å². The number of ether oxygens (including phenoxy) is 1. The fourth-order valence-electron chi connectivity index (χ4n) is 4.58. The molecule has 4 rings (SSSR count). The molecule has 142 valence electrons. The zero-order valence-corrected chi connectivity index (χ0v) is 15.9. The Bertz CT molecular complexity index is 642. The molecular weight excluding hydrogens is 326 g/mol. The van der Waals surface area contributed by atoms with Crippen LogP contribution >= 0.6 is 0 Å². The van der Waals surface area contributed by atoms with E-state index in [1.807, 2.05) is 0 Å². The number of fused-ring (bicyclic) bond motifs is 1. The van der Waals surface area contributed by atoms with Gasteiger partial charge in [-0.15, -0.1) is 0 Å². The first-order chi connectivity index (χ1) is 12.7. The molecule has 1 aromatic carbocycles. The molecule has 1 aromatic rings. The van der Waals surface area contributed by atoms with Crippen molar-refractivity contribution in [3.8, 4) is 0 Å². The van der Waals surface area contributed by atoms with Gasteiger partial charge in [0.2, 0.25) is 0 Å². The van der Waals surface area contributed by atoms with Crippen molar-refractivity contribution in [1.29, 1.82) is 0 Å². The van der Waals surface area contributed by atoms with Crippen molar-refractivity contribution in [1.82, 2.24) is 10.2 Å². The number of benzene rings is 1. The second-order valence-corrected chi connectivity index (χ2v) is 7.88. The number of morpholine rings is 1. The van der Waals surface area contributed by atoms with Crippen LogP contribution in [-0.2, 0) is 22.5 Å². The number of nitrogens with zero attached hydrogens (tertiary/aromatic N) is 2. The maximum absolute atomic E-state index is 12.5. The van der Waals surface area contributed by atoms with Gasteiger partial charge in [0.25, 0.3) is 5.91 Å². The Hall–Kier alpha value is -1.59. The van der Waals surface area contributed by atoms with Crippen LogP contribution in [0.15, 0.2) is 18.2 Å². The average Bonchev–Trinajstić information content (AvgIpc) is 3.31. The molecule has 26 heavy (non-hydrogen) atoms.